The van der Waals surface area contributed by atoms with Crippen LogP contribution in [0.3, 0.4) is 0 Å². The average Bonchev–Trinajstić information content (AvgIpc) is 2.36. The third-order valence-electron chi connectivity index (χ3n) is 1.95. The molecular weight excluding hydrogens is 279 g/mol. The molecule has 0 fully saturated rings. The molecule has 19 heavy (non-hydrogen) atoms. The van der Waals surface area contributed by atoms with Crippen LogP contribution in [0, 0.1) is 0 Å². The molecule has 0 aromatic heterocycles. The van der Waals surface area contributed by atoms with Crippen LogP contribution in [0.5, 0.6) is 0 Å². The van der Waals surface area contributed by atoms with E-state index in [9.17, 15) is 18.0 Å². The number of ether oxygens (including phenoxy) is 1. The lowest BCUT2D eigenvalue weighted by atomic mass is 10.4. The molecule has 0 unspecified atom stereocenters. The Morgan fingerprint density at radius 1 is 1.26 bits per heavy atom. The maximum absolute atomic E-state index is 11.7. The predicted molar refractivity (Wildman–Crippen MR) is 67.0 cm³/mol. The summed E-state index contributed by atoms with van der Waals surface area (Å²) in [5, 5.41) is 2.49. The fourth-order valence-corrected chi connectivity index (χ4v) is 1.92. The number of benzene rings is 1. The van der Waals surface area contributed by atoms with Gasteiger partial charge in [0, 0.05) is 11.4 Å². The van der Waals surface area contributed by atoms with Gasteiger partial charge in [0.2, 0.25) is 5.91 Å². The minimum atomic E-state index is -4.33. The van der Waals surface area contributed by atoms with Crippen molar-refractivity contribution in [2.75, 3.05) is 25.5 Å². The lowest BCUT2D eigenvalue weighted by Crippen LogP contribution is -2.30. The Hall–Kier alpha value is -1.21. The first-order valence-corrected chi connectivity index (χ1v) is 6.55. The van der Waals surface area contributed by atoms with E-state index in [1.165, 1.54) is 11.8 Å². The molecule has 0 saturated heterocycles. The van der Waals surface area contributed by atoms with Crippen molar-refractivity contribution in [1.29, 1.82) is 0 Å². The van der Waals surface area contributed by atoms with Crippen molar-refractivity contribution in [3.05, 3.63) is 30.3 Å². The highest BCUT2D eigenvalue weighted by molar-refractivity contribution is 8.00. The normalized spacial score (nSPS) is 11.3. The number of nitrogens with one attached hydrogen (secondary N) is 1. The Morgan fingerprint density at radius 2 is 1.95 bits per heavy atom. The quantitative estimate of drug-likeness (QED) is 0.620. The van der Waals surface area contributed by atoms with Crippen LogP contribution in [0.25, 0.3) is 0 Å². The topological polar surface area (TPSA) is 38.3 Å². The number of thioether (sulfide) groups is 1. The van der Waals surface area contributed by atoms with Crippen LogP contribution in [0.4, 0.5) is 13.2 Å². The van der Waals surface area contributed by atoms with E-state index in [1.807, 2.05) is 30.3 Å². The first-order valence-electron chi connectivity index (χ1n) is 5.56. The molecular formula is C12H14F3NO2S. The maximum atomic E-state index is 11.7. The summed E-state index contributed by atoms with van der Waals surface area (Å²) in [4.78, 5) is 12.3. The van der Waals surface area contributed by atoms with Gasteiger partial charge in [0.1, 0.15) is 6.61 Å². The number of hydrogen-bond donors (Lipinski definition) is 1. The van der Waals surface area contributed by atoms with Crippen LogP contribution in [0.1, 0.15) is 0 Å². The summed E-state index contributed by atoms with van der Waals surface area (Å²) < 4.78 is 39.6. The summed E-state index contributed by atoms with van der Waals surface area (Å²) in [6, 6.07) is 9.37. The van der Waals surface area contributed by atoms with Gasteiger partial charge in [-0.15, -0.1) is 11.8 Å². The molecule has 0 aliphatic carbocycles. The molecule has 0 radical (unpaired) electrons. The summed E-state index contributed by atoms with van der Waals surface area (Å²) in [6.07, 6.45) is -4.33. The largest absolute Gasteiger partial charge is 0.411 e. The zero-order valence-electron chi connectivity index (χ0n) is 10.1. The van der Waals surface area contributed by atoms with Gasteiger partial charge in [-0.2, -0.15) is 13.2 Å². The summed E-state index contributed by atoms with van der Waals surface area (Å²) >= 11 is 1.36. The first-order chi connectivity index (χ1) is 8.97. The van der Waals surface area contributed by atoms with Gasteiger partial charge in [0.05, 0.1) is 12.4 Å². The summed E-state index contributed by atoms with van der Waals surface area (Å²) in [5.41, 5.74) is 0. The van der Waals surface area contributed by atoms with E-state index in [-0.39, 0.29) is 24.8 Å². The first kappa shape index (κ1) is 15.8. The monoisotopic (exact) mass is 293 g/mol. The number of halogens is 3. The standard InChI is InChI=1S/C12H14F3NO2S/c13-12(14,15)9-18-7-6-16-11(17)8-19-10-4-2-1-3-5-10/h1-5H,6-9H2,(H,16,17). The second-order valence-electron chi connectivity index (χ2n) is 3.62. The van der Waals surface area contributed by atoms with Crippen LogP contribution in [0.15, 0.2) is 35.2 Å². The maximum Gasteiger partial charge on any atom is 0.411 e. The summed E-state index contributed by atoms with van der Waals surface area (Å²) in [6.45, 7) is -1.37. The lowest BCUT2D eigenvalue weighted by Gasteiger charge is -2.08. The molecule has 0 bridgehead atoms. The highest BCUT2D eigenvalue weighted by Crippen LogP contribution is 2.16. The predicted octanol–water partition coefficient (Wildman–Crippen LogP) is 2.47. The van der Waals surface area contributed by atoms with E-state index in [4.69, 9.17) is 0 Å². The van der Waals surface area contributed by atoms with Crippen molar-refractivity contribution in [3.63, 3.8) is 0 Å². The fraction of sp³-hybridized carbons (Fsp3) is 0.417. The van der Waals surface area contributed by atoms with Crippen LogP contribution >= 0.6 is 11.8 Å². The zero-order valence-corrected chi connectivity index (χ0v) is 10.9. The molecule has 0 aliphatic rings. The molecule has 0 heterocycles. The number of carbonyl (C=O) groups excluding carboxylic acids is 1. The SMILES string of the molecule is O=C(CSc1ccccc1)NCCOCC(F)(F)F. The van der Waals surface area contributed by atoms with E-state index >= 15 is 0 Å². The summed E-state index contributed by atoms with van der Waals surface area (Å²) in [7, 11) is 0. The zero-order chi connectivity index (χ0) is 14.1. The molecule has 106 valence electrons. The molecule has 0 spiro atoms. The Bertz CT molecular complexity index is 384. The number of rotatable bonds is 7. The van der Waals surface area contributed by atoms with Crippen LogP contribution < -0.4 is 5.32 Å². The molecule has 1 aromatic rings. The van der Waals surface area contributed by atoms with Crippen molar-refractivity contribution < 1.29 is 22.7 Å². The van der Waals surface area contributed by atoms with E-state index in [0.717, 1.165) is 4.90 Å². The molecule has 1 rings (SSSR count). The molecule has 1 N–H and O–H groups in total. The smallest absolute Gasteiger partial charge is 0.370 e. The van der Waals surface area contributed by atoms with Crippen molar-refractivity contribution in [3.8, 4) is 0 Å². The van der Waals surface area contributed by atoms with Gasteiger partial charge < -0.3 is 10.1 Å². The van der Waals surface area contributed by atoms with Gasteiger partial charge in [0.25, 0.3) is 0 Å². The van der Waals surface area contributed by atoms with Crippen LogP contribution in [-0.4, -0.2) is 37.6 Å². The van der Waals surface area contributed by atoms with E-state index < -0.39 is 12.8 Å². The van der Waals surface area contributed by atoms with Crippen LogP contribution in [-0.2, 0) is 9.53 Å². The van der Waals surface area contributed by atoms with E-state index in [2.05, 4.69) is 10.1 Å². The van der Waals surface area contributed by atoms with E-state index in [0.29, 0.717) is 0 Å². The number of alkyl halides is 3. The molecule has 0 saturated carbocycles. The van der Waals surface area contributed by atoms with E-state index in [1.54, 1.807) is 0 Å². The molecule has 7 heteroatoms. The van der Waals surface area contributed by atoms with Crippen LogP contribution in [0.2, 0.25) is 0 Å². The lowest BCUT2D eigenvalue weighted by molar-refractivity contribution is -0.173. The Kier molecular flexibility index (Phi) is 6.72. The number of carbonyl (C=O) groups is 1. The van der Waals surface area contributed by atoms with Gasteiger partial charge in [-0.1, -0.05) is 18.2 Å². The fourth-order valence-electron chi connectivity index (χ4n) is 1.17. The second kappa shape index (κ2) is 8.06. The van der Waals surface area contributed by atoms with Gasteiger partial charge >= 0.3 is 6.18 Å². The third-order valence-corrected chi connectivity index (χ3v) is 2.96. The Morgan fingerprint density at radius 3 is 2.58 bits per heavy atom. The van der Waals surface area contributed by atoms with Crippen molar-refractivity contribution >= 4 is 17.7 Å². The average molecular weight is 293 g/mol. The molecule has 0 atom stereocenters. The highest BCUT2D eigenvalue weighted by Gasteiger charge is 2.27. The van der Waals surface area contributed by atoms with Gasteiger partial charge in [-0.05, 0) is 12.1 Å². The van der Waals surface area contributed by atoms with Crippen molar-refractivity contribution in [2.24, 2.45) is 0 Å². The Balaban J connectivity index is 2.06. The molecule has 0 aliphatic heterocycles. The second-order valence-corrected chi connectivity index (χ2v) is 4.67. The Labute approximate surface area is 113 Å². The highest BCUT2D eigenvalue weighted by atomic mass is 32.2. The minimum Gasteiger partial charge on any atom is -0.370 e. The third kappa shape index (κ3) is 8.50. The summed E-state index contributed by atoms with van der Waals surface area (Å²) in [5.74, 6) is -0.00650. The number of hydrogen-bond acceptors (Lipinski definition) is 3. The van der Waals surface area contributed by atoms with Gasteiger partial charge in [0.15, 0.2) is 0 Å². The molecule has 3 nitrogen and oxygen atoms in total. The minimum absolute atomic E-state index is 0.0737. The van der Waals surface area contributed by atoms with Crippen molar-refractivity contribution in [1.82, 2.24) is 5.32 Å². The molecule has 1 aromatic carbocycles. The molecule has 1 amide bonds. The van der Waals surface area contributed by atoms with Gasteiger partial charge in [-0.25, -0.2) is 0 Å². The van der Waals surface area contributed by atoms with Gasteiger partial charge in [-0.3, -0.25) is 4.79 Å². The number of amides is 1. The van der Waals surface area contributed by atoms with Crippen molar-refractivity contribution in [2.45, 2.75) is 11.1 Å².